The number of nitrogens with one attached hydrogen (secondary N) is 3. The van der Waals surface area contributed by atoms with E-state index in [0.717, 1.165) is 0 Å². The highest BCUT2D eigenvalue weighted by atomic mass is 19.1. The number of H-pyrrole nitrogens is 1. The number of fused-ring (bicyclic) bond motifs is 2. The van der Waals surface area contributed by atoms with Gasteiger partial charge in [0, 0.05) is 18.2 Å². The van der Waals surface area contributed by atoms with Crippen LogP contribution in [0, 0.1) is 0 Å². The molecule has 1 aliphatic rings. The summed E-state index contributed by atoms with van der Waals surface area (Å²) in [5.41, 5.74) is 3.20. The molecule has 2 amide bonds. The minimum absolute atomic E-state index is 0.0405. The molecule has 0 aliphatic carbocycles. The van der Waals surface area contributed by atoms with Crippen molar-refractivity contribution < 1.29 is 32.7 Å². The van der Waals surface area contributed by atoms with E-state index in [1.54, 1.807) is 43.3 Å². The molecule has 0 radical (unpaired) electrons. The van der Waals surface area contributed by atoms with Gasteiger partial charge < -0.3 is 34.4 Å². The maximum Gasteiger partial charge on any atom is 0.272 e. The number of carbonyl (C=O) groups excluding carboxylic acids is 2. The Morgan fingerprint density at radius 1 is 1.11 bits per heavy atom. The van der Waals surface area contributed by atoms with Crippen molar-refractivity contribution >= 4 is 34.4 Å². The molecule has 0 fully saturated rings. The number of halogens is 1. The van der Waals surface area contributed by atoms with E-state index in [1.807, 2.05) is 0 Å². The Kier molecular flexibility index (Phi) is 7.89. The lowest BCUT2D eigenvalue weighted by atomic mass is 10.1. The lowest BCUT2D eigenvalue weighted by Gasteiger charge is -2.30. The smallest absolute Gasteiger partial charge is 0.272 e. The lowest BCUT2D eigenvalue weighted by Crippen LogP contribution is -2.41. The fraction of sp³-hybridized carbons (Fsp3) is 0.267. The van der Waals surface area contributed by atoms with Gasteiger partial charge in [-0.2, -0.15) is 0 Å². The number of amides is 2. The van der Waals surface area contributed by atoms with Gasteiger partial charge in [-0.25, -0.2) is 19.3 Å². The molecule has 1 atom stereocenters. The highest BCUT2D eigenvalue weighted by Crippen LogP contribution is 2.38. The van der Waals surface area contributed by atoms with Crippen LogP contribution in [-0.2, 0) is 18.0 Å². The highest BCUT2D eigenvalue weighted by molar-refractivity contribution is 6.07. The predicted octanol–water partition coefficient (Wildman–Crippen LogP) is 3.95. The number of carbonyl (C=O) groups is 2. The van der Waals surface area contributed by atoms with Gasteiger partial charge in [-0.15, -0.1) is 0 Å². The van der Waals surface area contributed by atoms with Crippen molar-refractivity contribution in [2.24, 2.45) is 0 Å². The van der Waals surface area contributed by atoms with Crippen molar-refractivity contribution in [3.63, 3.8) is 0 Å². The monoisotopic (exact) mass is 616 g/mol. The van der Waals surface area contributed by atoms with Crippen LogP contribution < -0.4 is 29.7 Å². The number of rotatable bonds is 10. The van der Waals surface area contributed by atoms with Crippen molar-refractivity contribution in [3.8, 4) is 28.8 Å². The Balaban J connectivity index is 1.23. The molecule has 4 heterocycles. The first kappa shape index (κ1) is 29.3. The number of hydrogen-bond donors (Lipinski definition) is 3. The summed E-state index contributed by atoms with van der Waals surface area (Å²) in [7, 11) is 4.55. The van der Waals surface area contributed by atoms with Crippen LogP contribution in [0.4, 0.5) is 15.9 Å². The van der Waals surface area contributed by atoms with Crippen LogP contribution in [0.2, 0.25) is 0 Å². The summed E-state index contributed by atoms with van der Waals surface area (Å²) >= 11 is 0. The van der Waals surface area contributed by atoms with Crippen LogP contribution in [0.5, 0.6) is 17.2 Å². The van der Waals surface area contributed by atoms with Crippen molar-refractivity contribution in [1.29, 1.82) is 0 Å². The molecule has 0 bridgehead atoms. The first-order valence-electron chi connectivity index (χ1n) is 13.8. The largest absolute Gasteiger partial charge is 0.496 e. The highest BCUT2D eigenvalue weighted by Gasteiger charge is 2.32. The Morgan fingerprint density at radius 3 is 2.60 bits per heavy atom. The van der Waals surface area contributed by atoms with E-state index in [2.05, 4.69) is 35.7 Å². The number of imidazole rings is 1. The molecule has 15 heteroatoms. The van der Waals surface area contributed by atoms with Gasteiger partial charge in [0.15, 0.2) is 23.1 Å². The molecule has 0 saturated heterocycles. The number of benzene rings is 2. The van der Waals surface area contributed by atoms with Gasteiger partial charge in [0.2, 0.25) is 5.91 Å². The lowest BCUT2D eigenvalue weighted by molar-refractivity contribution is -0.117. The van der Waals surface area contributed by atoms with Gasteiger partial charge in [0.1, 0.15) is 41.6 Å². The van der Waals surface area contributed by atoms with Crippen LogP contribution in [0.3, 0.4) is 0 Å². The number of ether oxygens (including phenoxy) is 3. The van der Waals surface area contributed by atoms with Crippen molar-refractivity contribution in [3.05, 3.63) is 65.3 Å². The van der Waals surface area contributed by atoms with Crippen molar-refractivity contribution in [2.75, 3.05) is 38.1 Å². The summed E-state index contributed by atoms with van der Waals surface area (Å²) in [5.74, 6) is 1.68. The first-order chi connectivity index (χ1) is 21.8. The van der Waals surface area contributed by atoms with Crippen molar-refractivity contribution in [1.82, 2.24) is 30.4 Å². The molecule has 0 unspecified atom stereocenters. The van der Waals surface area contributed by atoms with Gasteiger partial charge in [-0.05, 0) is 24.6 Å². The Hall–Kier alpha value is -5.73. The molecular formula is C30H29FN8O6. The minimum Gasteiger partial charge on any atom is -0.496 e. The van der Waals surface area contributed by atoms with E-state index < -0.39 is 18.6 Å². The number of aromatic nitrogens is 5. The SMILES string of the molecule is COc1cc(OC)c(CN2C(=O)CNc3c(C(=O)N[C@H](C)c4cc(-c5nc6ccc(CF)cc6[nH]5)no4)ncnc32)c(OC)c1. The molecule has 0 spiro atoms. The summed E-state index contributed by atoms with van der Waals surface area (Å²) in [6.07, 6.45) is 1.22. The van der Waals surface area contributed by atoms with Crippen LogP contribution in [0.1, 0.15) is 40.3 Å². The second kappa shape index (κ2) is 12.1. The molecule has 1 aliphatic heterocycles. The normalized spacial score (nSPS) is 13.3. The molecule has 0 saturated carbocycles. The summed E-state index contributed by atoms with van der Waals surface area (Å²) in [6, 6.07) is 9.51. The van der Waals surface area contributed by atoms with E-state index in [4.69, 9.17) is 18.7 Å². The number of alkyl halides is 1. The maximum absolute atomic E-state index is 13.5. The van der Waals surface area contributed by atoms with Gasteiger partial charge in [0.25, 0.3) is 5.91 Å². The number of anilines is 2. The zero-order chi connectivity index (χ0) is 31.7. The van der Waals surface area contributed by atoms with Gasteiger partial charge in [0.05, 0.1) is 57.1 Å². The molecule has 6 rings (SSSR count). The second-order valence-electron chi connectivity index (χ2n) is 10.1. The van der Waals surface area contributed by atoms with E-state index in [1.165, 1.54) is 32.6 Å². The van der Waals surface area contributed by atoms with Gasteiger partial charge in [-0.3, -0.25) is 14.5 Å². The molecule has 3 aromatic heterocycles. The van der Waals surface area contributed by atoms with Crippen LogP contribution >= 0.6 is 0 Å². The molecule has 14 nitrogen and oxygen atoms in total. The minimum atomic E-state index is -0.610. The standard InChI is InChI=1S/C30H29FN8O6/c1-15(22-10-21(38-45-22)28-36-19-6-5-16(11-31)7-20(19)37-28)35-30(41)27-26-29(34-14-33-27)39(25(40)12-32-26)13-18-23(43-3)8-17(42-2)9-24(18)44-4/h5-10,14-15,32H,11-13H2,1-4H3,(H,35,41)(H,36,37)/t15-/m1/s1. The maximum atomic E-state index is 13.5. The molecule has 45 heavy (non-hydrogen) atoms. The van der Waals surface area contributed by atoms with E-state index in [9.17, 15) is 14.0 Å². The third-order valence-corrected chi connectivity index (χ3v) is 7.39. The number of aromatic amines is 1. The Morgan fingerprint density at radius 2 is 1.89 bits per heavy atom. The topological polar surface area (TPSA) is 170 Å². The first-order valence-corrected chi connectivity index (χ1v) is 13.8. The number of methoxy groups -OCH3 is 3. The second-order valence-corrected chi connectivity index (χ2v) is 10.1. The fourth-order valence-corrected chi connectivity index (χ4v) is 5.05. The summed E-state index contributed by atoms with van der Waals surface area (Å²) < 4.78 is 35.0. The van der Waals surface area contributed by atoms with Crippen molar-refractivity contribution in [2.45, 2.75) is 26.2 Å². The Labute approximate surface area is 255 Å². The van der Waals surface area contributed by atoms with Crippen LogP contribution in [-0.4, -0.2) is 64.8 Å². The molecule has 232 valence electrons. The molecule has 2 aromatic carbocycles. The number of nitrogens with zero attached hydrogens (tertiary/aromatic N) is 5. The number of hydrogen-bond acceptors (Lipinski definition) is 11. The molecule has 3 N–H and O–H groups in total. The van der Waals surface area contributed by atoms with Gasteiger partial charge in [-0.1, -0.05) is 11.2 Å². The third-order valence-electron chi connectivity index (χ3n) is 7.39. The quantitative estimate of drug-likeness (QED) is 0.208. The summed E-state index contributed by atoms with van der Waals surface area (Å²) in [5, 5.41) is 9.93. The Bertz CT molecular complexity index is 1880. The zero-order valence-electron chi connectivity index (χ0n) is 24.8. The molecule has 5 aromatic rings. The van der Waals surface area contributed by atoms with E-state index in [-0.39, 0.29) is 30.5 Å². The fourth-order valence-electron chi connectivity index (χ4n) is 5.05. The van der Waals surface area contributed by atoms with Crippen LogP contribution in [0.25, 0.3) is 22.6 Å². The zero-order valence-corrected chi connectivity index (χ0v) is 24.8. The third kappa shape index (κ3) is 5.55. The van der Waals surface area contributed by atoms with Gasteiger partial charge >= 0.3 is 0 Å². The average molecular weight is 617 g/mol. The predicted molar refractivity (Wildman–Crippen MR) is 160 cm³/mol. The summed E-state index contributed by atoms with van der Waals surface area (Å²) in [4.78, 5) is 44.1. The molecular weight excluding hydrogens is 587 g/mol. The van der Waals surface area contributed by atoms with E-state index in [0.29, 0.717) is 62.4 Å². The van der Waals surface area contributed by atoms with Crippen LogP contribution in [0.15, 0.2) is 47.2 Å². The summed E-state index contributed by atoms with van der Waals surface area (Å²) in [6.45, 7) is 1.11. The van der Waals surface area contributed by atoms with E-state index >= 15 is 0 Å². The average Bonchev–Trinajstić information content (AvgIpc) is 3.73.